The fourth-order valence-electron chi connectivity index (χ4n) is 5.18. The number of hydrogen-bond donors (Lipinski definition) is 3. The van der Waals surface area contributed by atoms with Crippen molar-refractivity contribution in [2.75, 3.05) is 13.2 Å². The molecule has 0 bridgehead atoms. The molecular formula is C28H34N2O5. The molecule has 1 saturated carbocycles. The highest BCUT2D eigenvalue weighted by Gasteiger charge is 2.44. The highest BCUT2D eigenvalue weighted by Crippen LogP contribution is 2.44. The maximum absolute atomic E-state index is 12.5. The third kappa shape index (κ3) is 6.02. The average Bonchev–Trinajstić information content (AvgIpc) is 3.61. The van der Waals surface area contributed by atoms with Crippen LogP contribution in [0.25, 0.3) is 11.1 Å². The summed E-state index contributed by atoms with van der Waals surface area (Å²) in [6, 6.07) is 16.4. The maximum atomic E-state index is 12.5. The number of rotatable bonds is 11. The molecule has 186 valence electrons. The van der Waals surface area contributed by atoms with Crippen LogP contribution in [0.15, 0.2) is 48.5 Å². The summed E-state index contributed by atoms with van der Waals surface area (Å²) in [6.45, 7) is 4.44. The van der Waals surface area contributed by atoms with E-state index in [1.165, 1.54) is 22.3 Å². The third-order valence-corrected chi connectivity index (χ3v) is 7.21. The van der Waals surface area contributed by atoms with E-state index >= 15 is 0 Å². The number of amides is 2. The molecule has 2 aromatic carbocycles. The highest BCUT2D eigenvalue weighted by atomic mass is 16.5. The lowest BCUT2D eigenvalue weighted by molar-refractivity contribution is -0.139. The zero-order valence-corrected chi connectivity index (χ0v) is 20.4. The van der Waals surface area contributed by atoms with Gasteiger partial charge in [0.15, 0.2) is 0 Å². The highest BCUT2D eigenvalue weighted by molar-refractivity contribution is 5.79. The van der Waals surface area contributed by atoms with Gasteiger partial charge in [-0.2, -0.15) is 0 Å². The summed E-state index contributed by atoms with van der Waals surface area (Å²) in [7, 11) is 0. The summed E-state index contributed by atoms with van der Waals surface area (Å²) in [4.78, 5) is 36.1. The molecule has 0 aliphatic heterocycles. The normalized spacial score (nSPS) is 17.0. The van der Waals surface area contributed by atoms with Crippen molar-refractivity contribution in [3.05, 3.63) is 59.7 Å². The van der Waals surface area contributed by atoms with E-state index in [4.69, 9.17) is 4.74 Å². The first-order chi connectivity index (χ1) is 16.8. The monoisotopic (exact) mass is 478 g/mol. The van der Waals surface area contributed by atoms with Crippen LogP contribution in [-0.4, -0.2) is 41.8 Å². The molecular weight excluding hydrogens is 444 g/mol. The van der Waals surface area contributed by atoms with Gasteiger partial charge in [-0.15, -0.1) is 0 Å². The molecule has 2 amide bonds. The van der Waals surface area contributed by atoms with Crippen LogP contribution in [0.5, 0.6) is 0 Å². The number of fused-ring (bicyclic) bond motifs is 3. The van der Waals surface area contributed by atoms with Crippen molar-refractivity contribution in [2.24, 2.45) is 11.8 Å². The third-order valence-electron chi connectivity index (χ3n) is 7.21. The van der Waals surface area contributed by atoms with Crippen LogP contribution >= 0.6 is 0 Å². The summed E-state index contributed by atoms with van der Waals surface area (Å²) in [5, 5.41) is 14.9. The van der Waals surface area contributed by atoms with Gasteiger partial charge in [0.05, 0.1) is 12.0 Å². The van der Waals surface area contributed by atoms with Gasteiger partial charge in [-0.25, -0.2) is 4.79 Å². The molecule has 2 aliphatic rings. The van der Waals surface area contributed by atoms with Crippen molar-refractivity contribution in [1.29, 1.82) is 0 Å². The van der Waals surface area contributed by atoms with Crippen LogP contribution in [0, 0.1) is 11.8 Å². The molecule has 0 spiro atoms. The molecule has 2 aliphatic carbocycles. The molecule has 3 N–H and O–H groups in total. The molecule has 4 rings (SSSR count). The average molecular weight is 479 g/mol. The number of carbonyl (C=O) groups is 3. The predicted molar refractivity (Wildman–Crippen MR) is 133 cm³/mol. The SMILES string of the molecule is CC(CCNC(=O)OCC1c2ccccc2-c2ccccc21)CC(=O)NC(C)(CC(=O)O)C1CC1. The Hall–Kier alpha value is -3.35. The van der Waals surface area contributed by atoms with E-state index in [0.29, 0.717) is 13.0 Å². The van der Waals surface area contributed by atoms with Gasteiger partial charge in [0.25, 0.3) is 0 Å². The maximum Gasteiger partial charge on any atom is 0.407 e. The molecule has 7 nitrogen and oxygen atoms in total. The first kappa shape index (κ1) is 24.8. The molecule has 0 saturated heterocycles. The number of carboxylic acids is 1. The van der Waals surface area contributed by atoms with E-state index in [1.807, 2.05) is 38.1 Å². The van der Waals surface area contributed by atoms with Gasteiger partial charge in [0.1, 0.15) is 6.61 Å². The Morgan fingerprint density at radius 2 is 1.66 bits per heavy atom. The van der Waals surface area contributed by atoms with E-state index in [1.54, 1.807) is 0 Å². The molecule has 2 unspecified atom stereocenters. The molecule has 2 atom stereocenters. The van der Waals surface area contributed by atoms with Crippen LogP contribution in [0.4, 0.5) is 4.79 Å². The lowest BCUT2D eigenvalue weighted by Gasteiger charge is -2.30. The minimum atomic E-state index is -0.903. The molecule has 0 heterocycles. The Balaban J connectivity index is 1.20. The second-order valence-corrected chi connectivity index (χ2v) is 10.2. The zero-order valence-electron chi connectivity index (χ0n) is 20.4. The number of alkyl carbamates (subject to hydrolysis) is 1. The van der Waals surface area contributed by atoms with E-state index in [9.17, 15) is 19.5 Å². The van der Waals surface area contributed by atoms with Gasteiger partial charge in [-0.3, -0.25) is 9.59 Å². The van der Waals surface area contributed by atoms with Crippen LogP contribution < -0.4 is 10.6 Å². The molecule has 0 aromatic heterocycles. The Morgan fingerprint density at radius 1 is 1.06 bits per heavy atom. The number of hydrogen-bond acceptors (Lipinski definition) is 4. The summed E-state index contributed by atoms with van der Waals surface area (Å²) in [5.41, 5.74) is 4.02. The number of ether oxygens (including phenoxy) is 1. The molecule has 0 radical (unpaired) electrons. The predicted octanol–water partition coefficient (Wildman–Crippen LogP) is 4.70. The van der Waals surface area contributed by atoms with Crippen LogP contribution in [0.2, 0.25) is 0 Å². The second kappa shape index (κ2) is 10.5. The van der Waals surface area contributed by atoms with Gasteiger partial charge < -0.3 is 20.5 Å². The largest absolute Gasteiger partial charge is 0.481 e. The smallest absolute Gasteiger partial charge is 0.407 e. The minimum absolute atomic E-state index is 0.0161. The molecule has 35 heavy (non-hydrogen) atoms. The van der Waals surface area contributed by atoms with E-state index in [0.717, 1.165) is 12.8 Å². The number of carbonyl (C=O) groups excluding carboxylic acids is 2. The van der Waals surface area contributed by atoms with Gasteiger partial charge in [-0.05, 0) is 60.3 Å². The number of benzene rings is 2. The van der Waals surface area contributed by atoms with Crippen LogP contribution in [-0.2, 0) is 14.3 Å². The molecule has 1 fully saturated rings. The Bertz CT molecular complexity index is 1050. The van der Waals surface area contributed by atoms with Gasteiger partial charge in [0, 0.05) is 18.9 Å². The van der Waals surface area contributed by atoms with Gasteiger partial charge in [0.2, 0.25) is 5.91 Å². The molecule has 2 aromatic rings. The Labute approximate surface area is 206 Å². The van der Waals surface area contributed by atoms with Crippen molar-refractivity contribution >= 4 is 18.0 Å². The zero-order chi connectivity index (χ0) is 25.0. The van der Waals surface area contributed by atoms with Crippen molar-refractivity contribution in [3.63, 3.8) is 0 Å². The summed E-state index contributed by atoms with van der Waals surface area (Å²) in [6.07, 6.45) is 2.27. The summed E-state index contributed by atoms with van der Waals surface area (Å²) in [5.74, 6) is -0.762. The lowest BCUT2D eigenvalue weighted by atomic mass is 9.91. The lowest BCUT2D eigenvalue weighted by Crippen LogP contribution is -2.49. The van der Waals surface area contributed by atoms with E-state index in [-0.39, 0.29) is 43.1 Å². The van der Waals surface area contributed by atoms with Gasteiger partial charge >= 0.3 is 12.1 Å². The fraction of sp³-hybridized carbons (Fsp3) is 0.464. The van der Waals surface area contributed by atoms with Crippen molar-refractivity contribution < 1.29 is 24.2 Å². The Kier molecular flexibility index (Phi) is 7.43. The number of carboxylic acid groups (broad SMARTS) is 1. The van der Waals surface area contributed by atoms with E-state index < -0.39 is 17.6 Å². The first-order valence-corrected chi connectivity index (χ1v) is 12.4. The summed E-state index contributed by atoms with van der Waals surface area (Å²) < 4.78 is 5.55. The van der Waals surface area contributed by atoms with Crippen molar-refractivity contribution in [2.45, 2.75) is 57.4 Å². The quantitative estimate of drug-likeness (QED) is 0.434. The molecule has 7 heteroatoms. The summed E-state index contributed by atoms with van der Waals surface area (Å²) >= 11 is 0. The van der Waals surface area contributed by atoms with Crippen LogP contribution in [0.1, 0.15) is 63.0 Å². The Morgan fingerprint density at radius 3 is 2.23 bits per heavy atom. The number of aliphatic carboxylic acids is 1. The standard InChI is InChI=1S/C28H34N2O5/c1-18(15-25(31)30-28(2,16-26(32)33)19-11-12-19)13-14-29-27(34)35-17-24-22-9-5-3-7-20(22)21-8-4-6-10-23(21)24/h3-10,18-19,24H,11-17H2,1-2H3,(H,29,34)(H,30,31)(H,32,33). The topological polar surface area (TPSA) is 105 Å². The van der Waals surface area contributed by atoms with Crippen molar-refractivity contribution in [1.82, 2.24) is 10.6 Å². The second-order valence-electron chi connectivity index (χ2n) is 10.2. The minimum Gasteiger partial charge on any atom is -0.481 e. The number of nitrogens with one attached hydrogen (secondary N) is 2. The fourth-order valence-corrected chi connectivity index (χ4v) is 5.18. The first-order valence-electron chi connectivity index (χ1n) is 12.4. The van der Waals surface area contributed by atoms with E-state index in [2.05, 4.69) is 34.9 Å². The van der Waals surface area contributed by atoms with Crippen molar-refractivity contribution in [3.8, 4) is 11.1 Å². The van der Waals surface area contributed by atoms with Gasteiger partial charge in [-0.1, -0.05) is 55.5 Å². The van der Waals surface area contributed by atoms with Crippen LogP contribution in [0.3, 0.4) is 0 Å².